The van der Waals surface area contributed by atoms with Crippen LogP contribution in [0.2, 0.25) is 5.02 Å². The number of nitrogens with one attached hydrogen (secondary N) is 1. The zero-order chi connectivity index (χ0) is 17.3. The first-order valence-corrected chi connectivity index (χ1v) is 7.29. The predicted molar refractivity (Wildman–Crippen MR) is 88.2 cm³/mol. The van der Waals surface area contributed by atoms with Crippen LogP contribution >= 0.6 is 11.6 Å². The molecule has 1 heterocycles. The van der Waals surface area contributed by atoms with Crippen LogP contribution in [0.1, 0.15) is 11.7 Å². The zero-order valence-corrected chi connectivity index (χ0v) is 12.9. The minimum Gasteiger partial charge on any atom is -0.463 e. The molecule has 0 spiro atoms. The molecule has 8 heteroatoms. The molecule has 0 radical (unpaired) electrons. The fraction of sp³-hybridized carbons (Fsp3) is 0.0625. The maximum absolute atomic E-state index is 12.2. The number of carbonyl (C=O) groups is 2. The summed E-state index contributed by atoms with van der Waals surface area (Å²) in [4.78, 5) is 23.2. The minimum absolute atomic E-state index is 0.375. The van der Waals surface area contributed by atoms with Gasteiger partial charge in [-0.05, 0) is 35.9 Å². The molecule has 0 saturated carbocycles. The number of carboxylic acid groups (broad SMARTS) is 1. The van der Waals surface area contributed by atoms with E-state index < -0.39 is 18.1 Å². The molecule has 0 saturated heterocycles. The minimum atomic E-state index is -1.37. The third kappa shape index (κ3) is 3.08. The number of aliphatic hydroxyl groups is 1. The van der Waals surface area contributed by atoms with E-state index in [0.29, 0.717) is 27.2 Å². The molecule has 1 amide bonds. The molecule has 3 aromatic rings. The van der Waals surface area contributed by atoms with Gasteiger partial charge in [-0.3, -0.25) is 4.79 Å². The van der Waals surface area contributed by atoms with Crippen LogP contribution < -0.4 is 5.32 Å². The monoisotopic (exact) mass is 345 g/mol. The molecule has 1 unspecified atom stereocenters. The van der Waals surface area contributed by atoms with Crippen LogP contribution in [0.5, 0.6) is 0 Å². The van der Waals surface area contributed by atoms with Crippen LogP contribution in [0.3, 0.4) is 0 Å². The molecule has 1 atom stereocenters. The first-order chi connectivity index (χ1) is 11.5. The topological polar surface area (TPSA) is 104 Å². The second-order valence-corrected chi connectivity index (χ2v) is 5.50. The van der Waals surface area contributed by atoms with E-state index in [2.05, 4.69) is 10.4 Å². The predicted octanol–water partition coefficient (Wildman–Crippen LogP) is 2.89. The van der Waals surface area contributed by atoms with Crippen molar-refractivity contribution in [1.82, 2.24) is 9.78 Å². The summed E-state index contributed by atoms with van der Waals surface area (Å²) in [6.07, 6.45) is -1.19. The van der Waals surface area contributed by atoms with Gasteiger partial charge >= 0.3 is 6.09 Å². The second-order valence-electron chi connectivity index (χ2n) is 5.06. The first-order valence-electron chi connectivity index (χ1n) is 6.91. The molecule has 2 aromatic carbocycles. The maximum atomic E-state index is 12.2. The standard InChI is InChI=1S/C16H12ClN3O4/c17-11-3-1-2-9(6-11)14(21)15(22)19-12-4-5-13-10(7-12)8-18-20(13)16(23)24/h1-8,14,21H,(H,19,22)(H,23,24). The average molecular weight is 346 g/mol. The highest BCUT2D eigenvalue weighted by Gasteiger charge is 2.18. The molecule has 0 aliphatic carbocycles. The lowest BCUT2D eigenvalue weighted by molar-refractivity contribution is -0.124. The van der Waals surface area contributed by atoms with E-state index in [-0.39, 0.29) is 0 Å². The summed E-state index contributed by atoms with van der Waals surface area (Å²) in [6, 6.07) is 11.0. The van der Waals surface area contributed by atoms with Gasteiger partial charge in [-0.15, -0.1) is 0 Å². The molecule has 7 nitrogen and oxygen atoms in total. The highest BCUT2D eigenvalue weighted by Crippen LogP contribution is 2.22. The summed E-state index contributed by atoms with van der Waals surface area (Å²) in [5.41, 5.74) is 1.19. The molecule has 3 N–H and O–H groups in total. The van der Waals surface area contributed by atoms with Crippen LogP contribution in [0.25, 0.3) is 10.9 Å². The van der Waals surface area contributed by atoms with E-state index in [1.807, 2.05) is 0 Å². The largest absolute Gasteiger partial charge is 0.463 e. The summed E-state index contributed by atoms with van der Waals surface area (Å²) in [6.45, 7) is 0. The number of halogens is 1. The number of amides is 1. The van der Waals surface area contributed by atoms with E-state index >= 15 is 0 Å². The summed E-state index contributed by atoms with van der Waals surface area (Å²) in [5, 5.41) is 26.4. The Balaban J connectivity index is 1.81. The summed E-state index contributed by atoms with van der Waals surface area (Å²) < 4.78 is 0.835. The number of rotatable bonds is 3. The molecule has 122 valence electrons. The van der Waals surface area contributed by atoms with Gasteiger partial charge in [-0.2, -0.15) is 9.78 Å². The SMILES string of the molecule is O=C(Nc1ccc2c(cnn2C(=O)O)c1)C(O)c1cccc(Cl)c1. The van der Waals surface area contributed by atoms with Crippen LogP contribution in [0.15, 0.2) is 48.7 Å². The Labute approximate surface area is 141 Å². The summed E-state index contributed by atoms with van der Waals surface area (Å²) >= 11 is 5.85. The van der Waals surface area contributed by atoms with Crippen molar-refractivity contribution < 1.29 is 19.8 Å². The van der Waals surface area contributed by atoms with Crippen molar-refractivity contribution in [2.24, 2.45) is 0 Å². The van der Waals surface area contributed by atoms with Gasteiger partial charge in [0.1, 0.15) is 0 Å². The van der Waals surface area contributed by atoms with Crippen molar-refractivity contribution in [2.75, 3.05) is 5.32 Å². The number of nitrogens with zero attached hydrogens (tertiary/aromatic N) is 2. The van der Waals surface area contributed by atoms with Gasteiger partial charge in [-0.1, -0.05) is 23.7 Å². The van der Waals surface area contributed by atoms with Crippen LogP contribution in [0, 0.1) is 0 Å². The number of fused-ring (bicyclic) bond motifs is 1. The first kappa shape index (κ1) is 16.0. The van der Waals surface area contributed by atoms with Crippen molar-refractivity contribution in [1.29, 1.82) is 0 Å². The van der Waals surface area contributed by atoms with Gasteiger partial charge < -0.3 is 15.5 Å². The third-order valence-electron chi connectivity index (χ3n) is 3.43. The Kier molecular flexibility index (Phi) is 4.20. The number of hydrogen-bond acceptors (Lipinski definition) is 4. The van der Waals surface area contributed by atoms with Gasteiger partial charge in [0.05, 0.1) is 11.7 Å². The lowest BCUT2D eigenvalue weighted by Crippen LogP contribution is -2.20. The fourth-order valence-corrected chi connectivity index (χ4v) is 2.50. The van der Waals surface area contributed by atoms with Crippen LogP contribution in [-0.2, 0) is 4.79 Å². The molecular formula is C16H12ClN3O4. The van der Waals surface area contributed by atoms with Crippen molar-refractivity contribution in [3.05, 3.63) is 59.2 Å². The van der Waals surface area contributed by atoms with Gasteiger partial charge in [0, 0.05) is 16.1 Å². The quantitative estimate of drug-likeness (QED) is 0.677. The van der Waals surface area contributed by atoms with Crippen molar-refractivity contribution >= 4 is 40.2 Å². The van der Waals surface area contributed by atoms with Crippen LogP contribution in [-0.4, -0.2) is 32.0 Å². The Morgan fingerprint density at radius 2 is 2.00 bits per heavy atom. The highest BCUT2D eigenvalue weighted by molar-refractivity contribution is 6.30. The molecule has 0 aliphatic rings. The Morgan fingerprint density at radius 3 is 2.71 bits per heavy atom. The average Bonchev–Trinajstić information content (AvgIpc) is 2.97. The Hall–Kier alpha value is -2.90. The number of carbonyl (C=O) groups excluding carboxylic acids is 1. The molecule has 3 rings (SSSR count). The van der Waals surface area contributed by atoms with Crippen LogP contribution in [0.4, 0.5) is 10.5 Å². The van der Waals surface area contributed by atoms with E-state index in [1.54, 1.807) is 24.3 Å². The number of aromatic nitrogens is 2. The molecule has 0 bridgehead atoms. The van der Waals surface area contributed by atoms with E-state index in [1.165, 1.54) is 24.4 Å². The van der Waals surface area contributed by atoms with Crippen molar-refractivity contribution in [2.45, 2.75) is 6.10 Å². The molecule has 0 aliphatic heterocycles. The molecule has 1 aromatic heterocycles. The number of anilines is 1. The van der Waals surface area contributed by atoms with E-state index in [9.17, 15) is 14.7 Å². The molecule has 0 fully saturated rings. The smallest absolute Gasteiger partial charge is 0.432 e. The highest BCUT2D eigenvalue weighted by atomic mass is 35.5. The molecular weight excluding hydrogens is 334 g/mol. The van der Waals surface area contributed by atoms with E-state index in [0.717, 1.165) is 4.68 Å². The summed E-state index contributed by atoms with van der Waals surface area (Å²) in [7, 11) is 0. The van der Waals surface area contributed by atoms with Gasteiger partial charge in [0.25, 0.3) is 5.91 Å². The Morgan fingerprint density at radius 1 is 1.21 bits per heavy atom. The maximum Gasteiger partial charge on any atom is 0.432 e. The van der Waals surface area contributed by atoms with Crippen molar-refractivity contribution in [3.8, 4) is 0 Å². The third-order valence-corrected chi connectivity index (χ3v) is 3.66. The lowest BCUT2D eigenvalue weighted by atomic mass is 10.1. The molecule has 24 heavy (non-hydrogen) atoms. The fourth-order valence-electron chi connectivity index (χ4n) is 2.30. The van der Waals surface area contributed by atoms with Gasteiger partial charge in [0.2, 0.25) is 0 Å². The Bertz CT molecular complexity index is 938. The van der Waals surface area contributed by atoms with Gasteiger partial charge in [0.15, 0.2) is 6.10 Å². The second kappa shape index (κ2) is 6.31. The normalized spacial score (nSPS) is 12.1. The summed E-state index contributed by atoms with van der Waals surface area (Å²) in [5.74, 6) is -0.623. The zero-order valence-electron chi connectivity index (χ0n) is 12.2. The van der Waals surface area contributed by atoms with Gasteiger partial charge in [-0.25, -0.2) is 4.79 Å². The van der Waals surface area contributed by atoms with E-state index in [4.69, 9.17) is 16.7 Å². The number of benzene rings is 2. The van der Waals surface area contributed by atoms with Crippen molar-refractivity contribution in [3.63, 3.8) is 0 Å². The number of aliphatic hydroxyl groups excluding tert-OH is 1. The lowest BCUT2D eigenvalue weighted by Gasteiger charge is -2.12. The number of hydrogen-bond donors (Lipinski definition) is 3.